The Kier molecular flexibility index (Phi) is 10.5. The highest BCUT2D eigenvalue weighted by Crippen LogP contribution is 2.46. The summed E-state index contributed by atoms with van der Waals surface area (Å²) in [6.07, 6.45) is 26.1. The van der Waals surface area contributed by atoms with Crippen molar-refractivity contribution in [3.05, 3.63) is 228 Å². The van der Waals surface area contributed by atoms with Gasteiger partial charge in [0.15, 0.2) is 0 Å². The van der Waals surface area contributed by atoms with E-state index in [1.54, 1.807) is 0 Å². The molecule has 4 aliphatic rings. The van der Waals surface area contributed by atoms with Crippen LogP contribution in [0.5, 0.6) is 0 Å². The fourth-order valence-corrected chi connectivity index (χ4v) is 12.5. The first-order valence-corrected chi connectivity index (χ1v) is 25.3. The Morgan fingerprint density at radius 3 is 2.21 bits per heavy atom. The van der Waals surface area contributed by atoms with Crippen LogP contribution in [0.25, 0.3) is 75.5 Å². The van der Waals surface area contributed by atoms with Gasteiger partial charge in [0.25, 0.3) is 0 Å². The maximum Gasteiger partial charge on any atom is 0.132 e. The second-order valence-corrected chi connectivity index (χ2v) is 19.8. The molecule has 330 valence electrons. The number of allylic oxidation sites excluding steroid dienone is 8. The van der Waals surface area contributed by atoms with Crippen molar-refractivity contribution in [2.24, 2.45) is 4.99 Å². The van der Waals surface area contributed by atoms with E-state index >= 15 is 0 Å². The third-order valence-corrected chi connectivity index (χ3v) is 15.7. The molecule has 4 nitrogen and oxygen atoms in total. The molecular weight excluding hydrogens is 845 g/mol. The van der Waals surface area contributed by atoms with Crippen molar-refractivity contribution in [3.63, 3.8) is 0 Å². The first-order chi connectivity index (χ1) is 33.7. The van der Waals surface area contributed by atoms with Crippen LogP contribution in [0.4, 0.5) is 0 Å². The fourth-order valence-electron chi connectivity index (χ4n) is 11.4. The predicted octanol–water partition coefficient (Wildman–Crippen LogP) is 16.3. The average Bonchev–Trinajstić information content (AvgIpc) is 3.97. The number of aliphatic imine (C=N–C) groups is 1. The van der Waals surface area contributed by atoms with Crippen LogP contribution in [0.15, 0.2) is 211 Å². The molecule has 2 aromatic heterocycles. The molecule has 2 N–H and O–H groups in total. The lowest BCUT2D eigenvalue weighted by Crippen LogP contribution is -2.52. The van der Waals surface area contributed by atoms with Crippen LogP contribution in [-0.2, 0) is 0 Å². The zero-order valence-corrected chi connectivity index (χ0v) is 38.9. The van der Waals surface area contributed by atoms with Gasteiger partial charge in [-0.3, -0.25) is 5.32 Å². The number of hydrogen-bond donors (Lipinski definition) is 2. The molecule has 0 spiro atoms. The van der Waals surface area contributed by atoms with E-state index in [1.807, 2.05) is 11.3 Å². The first kappa shape index (κ1) is 40.9. The van der Waals surface area contributed by atoms with E-state index in [1.165, 1.54) is 92.2 Å². The van der Waals surface area contributed by atoms with Crippen LogP contribution in [0.3, 0.4) is 0 Å². The molecule has 3 unspecified atom stereocenters. The molecule has 3 aliphatic carbocycles. The highest BCUT2D eigenvalue weighted by Gasteiger charge is 2.29. The molecule has 0 saturated carbocycles. The van der Waals surface area contributed by atoms with Gasteiger partial charge in [-0.2, -0.15) is 0 Å². The molecule has 9 aromatic rings. The molecule has 1 aliphatic heterocycles. The topological polar surface area (TPSA) is 41.4 Å². The normalized spacial score (nSPS) is 19.4. The summed E-state index contributed by atoms with van der Waals surface area (Å²) in [6.45, 7) is 0. The summed E-state index contributed by atoms with van der Waals surface area (Å²) in [5, 5.41) is 13.1. The highest BCUT2D eigenvalue weighted by molar-refractivity contribution is 7.26. The smallest absolute Gasteiger partial charge is 0.132 e. The third kappa shape index (κ3) is 7.20. The van der Waals surface area contributed by atoms with Crippen molar-refractivity contribution in [2.45, 2.75) is 63.2 Å². The van der Waals surface area contributed by atoms with Crippen LogP contribution in [-0.4, -0.2) is 16.6 Å². The van der Waals surface area contributed by atoms with Gasteiger partial charge < -0.3 is 9.88 Å². The largest absolute Gasteiger partial charge is 0.350 e. The molecule has 0 fully saturated rings. The summed E-state index contributed by atoms with van der Waals surface area (Å²) in [6, 6.07) is 56.5. The van der Waals surface area contributed by atoms with Crippen LogP contribution >= 0.6 is 11.3 Å². The number of amidine groups is 1. The van der Waals surface area contributed by atoms with E-state index in [2.05, 4.69) is 215 Å². The van der Waals surface area contributed by atoms with Gasteiger partial charge in [-0.05, 0) is 143 Å². The maximum absolute atomic E-state index is 5.61. The number of aromatic nitrogens is 1. The average molecular weight is 897 g/mol. The van der Waals surface area contributed by atoms with E-state index in [0.717, 1.165) is 61.9 Å². The predicted molar refractivity (Wildman–Crippen MR) is 289 cm³/mol. The second kappa shape index (κ2) is 17.4. The number of fused-ring (bicyclic) bond motifs is 7. The highest BCUT2D eigenvalue weighted by atomic mass is 32.1. The molecule has 0 saturated heterocycles. The van der Waals surface area contributed by atoms with Gasteiger partial charge >= 0.3 is 0 Å². The molecule has 5 heteroatoms. The molecular formula is C63H52N4S. The minimum Gasteiger partial charge on any atom is -0.350 e. The number of para-hydroxylation sites is 2. The lowest BCUT2D eigenvalue weighted by atomic mass is 9.79. The van der Waals surface area contributed by atoms with E-state index in [9.17, 15) is 0 Å². The minimum atomic E-state index is -0.231. The Hall–Kier alpha value is -7.31. The van der Waals surface area contributed by atoms with Gasteiger partial charge in [0.05, 0.1) is 11.0 Å². The lowest BCUT2D eigenvalue weighted by Gasteiger charge is -2.34. The second-order valence-electron chi connectivity index (χ2n) is 18.7. The number of benzene rings is 7. The van der Waals surface area contributed by atoms with E-state index in [0.29, 0.717) is 5.92 Å². The molecule has 0 bridgehead atoms. The zero-order chi connectivity index (χ0) is 45.0. The minimum absolute atomic E-state index is 0.110. The number of thiophene rings is 1. The van der Waals surface area contributed by atoms with Crippen LogP contribution in [0.2, 0.25) is 0 Å². The maximum atomic E-state index is 5.61. The van der Waals surface area contributed by atoms with Crippen molar-refractivity contribution in [2.75, 3.05) is 0 Å². The zero-order valence-electron chi connectivity index (χ0n) is 38.0. The van der Waals surface area contributed by atoms with Crippen molar-refractivity contribution >= 4 is 64.7 Å². The molecule has 3 atom stereocenters. The Labute approximate surface area is 402 Å². The third-order valence-electron chi connectivity index (χ3n) is 14.6. The SMILES string of the molecule is C1=CC(c2cccc(C3CC=CCC3)c2-c2ccc(-c3ccc4c(c3)sc3ccc5c(c6ccccc6n5-c5ccccc5)c34)c(C3=NC(c4ccccc4)NC(C4=CCCC=C4)N3)c2)=CCC1. The monoisotopic (exact) mass is 896 g/mol. The Bertz CT molecular complexity index is 3620. The Morgan fingerprint density at radius 1 is 0.559 bits per heavy atom. The molecule has 0 amide bonds. The van der Waals surface area contributed by atoms with E-state index in [4.69, 9.17) is 4.99 Å². The van der Waals surface area contributed by atoms with Crippen molar-refractivity contribution in [1.82, 2.24) is 15.2 Å². The summed E-state index contributed by atoms with van der Waals surface area (Å²) in [7, 11) is 0. The number of rotatable bonds is 8. The summed E-state index contributed by atoms with van der Waals surface area (Å²) in [4.78, 5) is 5.61. The quantitative estimate of drug-likeness (QED) is 0.149. The molecule has 0 radical (unpaired) electrons. The molecule has 7 aromatic carbocycles. The number of hydrogen-bond acceptors (Lipinski definition) is 4. The molecule has 68 heavy (non-hydrogen) atoms. The molecule has 3 heterocycles. The first-order valence-electron chi connectivity index (χ1n) is 24.5. The van der Waals surface area contributed by atoms with Crippen molar-refractivity contribution < 1.29 is 0 Å². The van der Waals surface area contributed by atoms with Gasteiger partial charge in [-0.25, -0.2) is 4.99 Å². The van der Waals surface area contributed by atoms with Gasteiger partial charge in [-0.1, -0.05) is 158 Å². The summed E-state index contributed by atoms with van der Waals surface area (Å²) < 4.78 is 5.01. The standard InChI is InChI=1S/C63H52N4S/c1-6-19-41(20-7-1)49-30-18-31-50(42-21-8-2-9-22-42)58(49)46-34-35-48(53(39-46)63-65-61(43-23-10-3-11-24-43)64-62(66-63)44-25-12-4-13-26-44)45-33-36-52-57(40-45)68-56-38-37-55-59(60(52)56)51-29-16-17-32-54(51)67(55)47-27-14-5-15-28-47/h1,3,5-6,8,10-12,14-18,21-41,61-62,64H,2,4,7,9,13,19-20H2,(H,65,66). The van der Waals surface area contributed by atoms with Crippen molar-refractivity contribution in [1.29, 1.82) is 0 Å². The van der Waals surface area contributed by atoms with Crippen molar-refractivity contribution in [3.8, 4) is 27.9 Å². The van der Waals surface area contributed by atoms with Crippen LogP contribution in [0.1, 0.15) is 79.3 Å². The van der Waals surface area contributed by atoms with Gasteiger partial charge in [0.1, 0.15) is 18.2 Å². The lowest BCUT2D eigenvalue weighted by molar-refractivity contribution is 0.440. The van der Waals surface area contributed by atoms with Gasteiger partial charge in [0, 0.05) is 42.2 Å². The Balaban J connectivity index is 1.03. The summed E-state index contributed by atoms with van der Waals surface area (Å²) in [5.74, 6) is 1.36. The fraction of sp³-hybridized carbons (Fsp3) is 0.159. The summed E-state index contributed by atoms with van der Waals surface area (Å²) >= 11 is 1.89. The van der Waals surface area contributed by atoms with Crippen LogP contribution < -0.4 is 10.6 Å². The number of nitrogens with zero attached hydrogens (tertiary/aromatic N) is 2. The number of nitrogens with one attached hydrogen (secondary N) is 2. The summed E-state index contributed by atoms with van der Waals surface area (Å²) in [5.41, 5.74) is 16.2. The van der Waals surface area contributed by atoms with E-state index < -0.39 is 0 Å². The van der Waals surface area contributed by atoms with Gasteiger partial charge in [0.2, 0.25) is 0 Å². The Morgan fingerprint density at radius 2 is 1.38 bits per heavy atom. The van der Waals surface area contributed by atoms with E-state index in [-0.39, 0.29) is 12.3 Å². The van der Waals surface area contributed by atoms with Gasteiger partial charge in [-0.15, -0.1) is 11.3 Å². The van der Waals surface area contributed by atoms with Crippen LogP contribution in [0, 0.1) is 0 Å². The molecule has 13 rings (SSSR count).